The van der Waals surface area contributed by atoms with Crippen molar-refractivity contribution in [3.8, 4) is 23.1 Å². The van der Waals surface area contributed by atoms with E-state index in [1.807, 2.05) is 63.2 Å². The number of aliphatic imine (C=N–C) groups is 1. The average molecular weight is 857 g/mol. The van der Waals surface area contributed by atoms with Crippen LogP contribution in [-0.2, 0) is 16.0 Å². The summed E-state index contributed by atoms with van der Waals surface area (Å²) in [5.41, 5.74) is 0.337. The molecule has 2 aromatic carbocycles. The van der Waals surface area contributed by atoms with Gasteiger partial charge < -0.3 is 20.5 Å². The highest BCUT2D eigenvalue weighted by molar-refractivity contribution is 6.01. The van der Waals surface area contributed by atoms with Crippen molar-refractivity contribution >= 4 is 23.1 Å². The number of hydrogen-bond acceptors (Lipinski definition) is 6. The molecule has 0 unspecified atom stereocenters. The van der Waals surface area contributed by atoms with Gasteiger partial charge in [-0.15, -0.1) is 0 Å². The molecule has 2 atom stereocenters. The Morgan fingerprint density at radius 2 is 1.27 bits per heavy atom. The van der Waals surface area contributed by atoms with E-state index in [1.165, 1.54) is 0 Å². The van der Waals surface area contributed by atoms with Crippen molar-refractivity contribution in [2.45, 2.75) is 166 Å². The van der Waals surface area contributed by atoms with E-state index in [0.29, 0.717) is 37.9 Å². The SMILES string of the molecule is CC(C)(C)[C@H](NC(=O)C1(C2(O)CCC(F)(F)CC2)CC1)C1=Nc2ccc(C#Cc3ccc(-c4cnc([C@@H](CC(=O)C5(C6(O)CCC(F)(F)CC6)CC5)C(C)(C)C)[nH]4)cc3)cc2C1. The number of carbonyl (C=O) groups is 2. The van der Waals surface area contributed by atoms with Crippen LogP contribution in [0.3, 0.4) is 0 Å². The van der Waals surface area contributed by atoms with Crippen molar-refractivity contribution in [1.29, 1.82) is 0 Å². The average Bonchev–Trinajstić information content (AvgIpc) is 4.11. The van der Waals surface area contributed by atoms with Gasteiger partial charge in [-0.1, -0.05) is 65.5 Å². The van der Waals surface area contributed by atoms with E-state index < -0.39 is 71.0 Å². The highest BCUT2D eigenvalue weighted by Gasteiger charge is 2.67. The highest BCUT2D eigenvalue weighted by Crippen LogP contribution is 2.63. The number of benzene rings is 2. The Morgan fingerprint density at radius 3 is 1.81 bits per heavy atom. The summed E-state index contributed by atoms with van der Waals surface area (Å²) >= 11 is 0. The fourth-order valence-corrected chi connectivity index (χ4v) is 10.4. The van der Waals surface area contributed by atoms with Crippen LogP contribution in [0.15, 0.2) is 53.7 Å². The zero-order chi connectivity index (χ0) is 44.7. The maximum Gasteiger partial charge on any atom is 0.248 e. The standard InChI is InChI=1S/C50H60F4N4O4/c1-43(2,3)35(29-39(59)45(15-16-45)47(61)19-23-49(51,52)24-20-47)41-55-30-38(57-41)33-12-9-31(10-13-33)7-8-32-11-14-36-34(27-32)28-37(56-36)40(44(4,5)6)58-42(60)46(17-18-46)48(62)21-25-50(53,54)26-22-48/h9-14,27,30,35,40,61-62H,15-26,28-29H2,1-6H3,(H,55,57)(H,58,60)/t35-,40-/m1/s1. The summed E-state index contributed by atoms with van der Waals surface area (Å²) < 4.78 is 55.9. The van der Waals surface area contributed by atoms with Crippen LogP contribution in [0.2, 0.25) is 0 Å². The zero-order valence-electron chi connectivity index (χ0n) is 36.8. The normalized spacial score (nSPS) is 23.5. The number of nitrogens with zero attached hydrogens (tertiary/aromatic N) is 2. The minimum absolute atomic E-state index is 0.0623. The Labute approximate surface area is 362 Å². The lowest BCUT2D eigenvalue weighted by Crippen LogP contribution is -2.57. The van der Waals surface area contributed by atoms with Crippen LogP contribution in [0, 0.1) is 33.5 Å². The minimum atomic E-state index is -2.81. The lowest BCUT2D eigenvalue weighted by atomic mass is 9.67. The molecule has 0 spiro atoms. The molecule has 4 N–H and O–H groups in total. The number of ketones is 1. The van der Waals surface area contributed by atoms with E-state index in [9.17, 15) is 37.4 Å². The zero-order valence-corrected chi connectivity index (χ0v) is 36.8. The maximum absolute atomic E-state index is 14.0. The third kappa shape index (κ3) is 8.41. The molecule has 5 aliphatic rings. The second-order valence-corrected chi connectivity index (χ2v) is 21.4. The van der Waals surface area contributed by atoms with Crippen molar-refractivity contribution in [1.82, 2.24) is 15.3 Å². The van der Waals surface area contributed by atoms with Gasteiger partial charge in [0.15, 0.2) is 0 Å². The van der Waals surface area contributed by atoms with Crippen molar-refractivity contribution in [3.63, 3.8) is 0 Å². The van der Waals surface area contributed by atoms with Crippen LogP contribution in [0.25, 0.3) is 11.3 Å². The van der Waals surface area contributed by atoms with Crippen LogP contribution in [0.5, 0.6) is 0 Å². The van der Waals surface area contributed by atoms with Crippen LogP contribution in [-0.4, -0.2) is 66.7 Å². The molecule has 3 aromatic rings. The molecule has 12 heteroatoms. The molecule has 4 aliphatic carbocycles. The van der Waals surface area contributed by atoms with Gasteiger partial charge >= 0.3 is 0 Å². The number of alkyl halides is 4. The van der Waals surface area contributed by atoms with Gasteiger partial charge in [-0.25, -0.2) is 22.5 Å². The smallest absolute Gasteiger partial charge is 0.248 e. The number of Topliss-reactive ketones (excluding diaryl/α,β-unsaturated/α-hetero) is 1. The monoisotopic (exact) mass is 856 g/mol. The largest absolute Gasteiger partial charge is 0.389 e. The molecule has 0 saturated heterocycles. The number of aromatic nitrogens is 2. The predicted octanol–water partition coefficient (Wildman–Crippen LogP) is 10.2. The van der Waals surface area contributed by atoms with Gasteiger partial charge in [0, 0.05) is 61.3 Å². The van der Waals surface area contributed by atoms with Gasteiger partial charge in [0.05, 0.1) is 45.7 Å². The molecule has 1 aliphatic heterocycles. The number of rotatable bonds is 10. The quantitative estimate of drug-likeness (QED) is 0.119. The van der Waals surface area contributed by atoms with Crippen LogP contribution < -0.4 is 5.32 Å². The third-order valence-electron chi connectivity index (χ3n) is 15.0. The molecule has 8 nitrogen and oxygen atoms in total. The van der Waals surface area contributed by atoms with Gasteiger partial charge in [0.25, 0.3) is 0 Å². The second kappa shape index (κ2) is 15.1. The van der Waals surface area contributed by atoms with Crippen molar-refractivity contribution in [3.05, 3.63) is 71.2 Å². The second-order valence-electron chi connectivity index (χ2n) is 21.4. The Morgan fingerprint density at radius 1 is 0.742 bits per heavy atom. The molecule has 62 heavy (non-hydrogen) atoms. The molecule has 0 bridgehead atoms. The van der Waals surface area contributed by atoms with Crippen molar-refractivity contribution < 1.29 is 37.4 Å². The van der Waals surface area contributed by atoms with Crippen LogP contribution in [0.4, 0.5) is 23.2 Å². The van der Waals surface area contributed by atoms with Gasteiger partial charge in [0.1, 0.15) is 11.6 Å². The van der Waals surface area contributed by atoms with Gasteiger partial charge in [0.2, 0.25) is 17.8 Å². The fourth-order valence-electron chi connectivity index (χ4n) is 10.4. The van der Waals surface area contributed by atoms with Crippen LogP contribution >= 0.6 is 0 Å². The lowest BCUT2D eigenvalue weighted by molar-refractivity contribution is -0.157. The molecule has 1 amide bonds. The summed E-state index contributed by atoms with van der Waals surface area (Å²) in [4.78, 5) is 40.9. The first kappa shape index (κ1) is 44.3. The van der Waals surface area contributed by atoms with E-state index in [-0.39, 0.29) is 55.1 Å². The summed E-state index contributed by atoms with van der Waals surface area (Å²) in [5.74, 6) is 0.967. The number of H-pyrrole nitrogens is 1. The van der Waals surface area contributed by atoms with E-state index >= 15 is 0 Å². The molecular weight excluding hydrogens is 797 g/mol. The number of amides is 1. The Hall–Kier alpha value is -4.34. The Bertz CT molecular complexity index is 2310. The van der Waals surface area contributed by atoms with E-state index in [0.717, 1.165) is 39.3 Å². The van der Waals surface area contributed by atoms with Gasteiger partial charge in [-0.2, -0.15) is 0 Å². The van der Waals surface area contributed by atoms with Gasteiger partial charge in [-0.3, -0.25) is 14.6 Å². The molecule has 8 rings (SSSR count). The molecule has 1 aromatic heterocycles. The number of nitrogens with one attached hydrogen (secondary N) is 2. The van der Waals surface area contributed by atoms with Crippen molar-refractivity contribution in [2.24, 2.45) is 26.7 Å². The first-order valence-corrected chi connectivity index (χ1v) is 22.3. The van der Waals surface area contributed by atoms with E-state index in [4.69, 9.17) is 9.98 Å². The fraction of sp³-hybridized carbons (Fsp3) is 0.600. The number of fused-ring (bicyclic) bond motifs is 1. The number of aliphatic hydroxyl groups is 2. The molecule has 2 heterocycles. The predicted molar refractivity (Wildman–Crippen MR) is 231 cm³/mol. The molecule has 4 saturated carbocycles. The first-order chi connectivity index (χ1) is 28.9. The summed E-state index contributed by atoms with van der Waals surface area (Å²) in [6, 6.07) is 13.2. The van der Waals surface area contributed by atoms with Gasteiger partial charge in [-0.05, 0) is 104 Å². The summed E-state index contributed by atoms with van der Waals surface area (Å²) in [7, 11) is 0. The summed E-state index contributed by atoms with van der Waals surface area (Å²) in [6.45, 7) is 12.2. The summed E-state index contributed by atoms with van der Waals surface area (Å²) in [5, 5.41) is 26.2. The number of aromatic amines is 1. The molecule has 332 valence electrons. The highest BCUT2D eigenvalue weighted by atomic mass is 19.3. The number of halogens is 4. The first-order valence-electron chi connectivity index (χ1n) is 22.3. The van der Waals surface area contributed by atoms with Crippen LogP contribution in [0.1, 0.15) is 153 Å². The lowest BCUT2D eigenvalue weighted by Gasteiger charge is -2.42. The molecule has 4 fully saturated rings. The number of imidazole rings is 1. The van der Waals surface area contributed by atoms with E-state index in [1.54, 1.807) is 6.20 Å². The Kier molecular flexibility index (Phi) is 10.8. The minimum Gasteiger partial charge on any atom is -0.389 e. The van der Waals surface area contributed by atoms with E-state index in [2.05, 4.69) is 42.9 Å². The van der Waals surface area contributed by atoms with Crippen molar-refractivity contribution in [2.75, 3.05) is 0 Å². The topological polar surface area (TPSA) is 128 Å². The molecular formula is C50H60F4N4O4. The number of hydrogen-bond donors (Lipinski definition) is 4. The Balaban J connectivity index is 0.910. The maximum atomic E-state index is 14.0. The molecule has 0 radical (unpaired) electrons. The summed E-state index contributed by atoms with van der Waals surface area (Å²) in [6.07, 6.45) is 2.52. The number of carbonyl (C=O) groups excluding carboxylic acids is 2. The third-order valence-corrected chi connectivity index (χ3v) is 15.0.